The van der Waals surface area contributed by atoms with Gasteiger partial charge in [-0.25, -0.2) is 0 Å². The highest BCUT2D eigenvalue weighted by Gasteiger charge is 2.19. The number of ether oxygens (including phenoxy) is 1. The van der Waals surface area contributed by atoms with Gasteiger partial charge < -0.3 is 15.0 Å². The normalized spacial score (nSPS) is 15.7. The predicted octanol–water partition coefficient (Wildman–Crippen LogP) is 2.43. The van der Waals surface area contributed by atoms with E-state index in [2.05, 4.69) is 5.32 Å². The molecule has 1 aliphatic heterocycles. The summed E-state index contributed by atoms with van der Waals surface area (Å²) < 4.78 is 5.62. The van der Waals surface area contributed by atoms with Gasteiger partial charge in [-0.1, -0.05) is 18.2 Å². The highest BCUT2D eigenvalue weighted by atomic mass is 16.5. The summed E-state index contributed by atoms with van der Waals surface area (Å²) in [5.74, 6) is 1.64. The van der Waals surface area contributed by atoms with E-state index in [1.807, 2.05) is 43.1 Å². The molecule has 4 nitrogen and oxygen atoms in total. The summed E-state index contributed by atoms with van der Waals surface area (Å²) >= 11 is 0. The molecule has 0 spiro atoms. The molecule has 2 rings (SSSR count). The lowest BCUT2D eigenvalue weighted by Gasteiger charge is -2.25. The summed E-state index contributed by atoms with van der Waals surface area (Å²) in [6.45, 7) is 5.30. The molecule has 1 fully saturated rings. The van der Waals surface area contributed by atoms with Crippen molar-refractivity contribution in [1.29, 1.82) is 0 Å². The fraction of sp³-hybridized carbons (Fsp3) is 0.588. The first-order valence-corrected chi connectivity index (χ1v) is 7.86. The molecule has 1 N–H and O–H groups in total. The zero-order chi connectivity index (χ0) is 15.1. The predicted molar refractivity (Wildman–Crippen MR) is 84.3 cm³/mol. The number of carbonyl (C=O) groups is 1. The first-order valence-electron chi connectivity index (χ1n) is 7.86. The van der Waals surface area contributed by atoms with Crippen LogP contribution < -0.4 is 10.1 Å². The molecular formula is C17H26N2O2. The number of hydrogen-bond acceptors (Lipinski definition) is 3. The topological polar surface area (TPSA) is 41.6 Å². The van der Waals surface area contributed by atoms with Crippen LogP contribution >= 0.6 is 0 Å². The van der Waals surface area contributed by atoms with Crippen LogP contribution in [0.3, 0.4) is 0 Å². The lowest BCUT2D eigenvalue weighted by molar-refractivity contribution is -0.131. The second kappa shape index (κ2) is 8.03. The number of nitrogens with one attached hydrogen (secondary N) is 1. The van der Waals surface area contributed by atoms with Crippen molar-refractivity contribution in [1.82, 2.24) is 10.2 Å². The van der Waals surface area contributed by atoms with Gasteiger partial charge in [0.25, 0.3) is 0 Å². The Hall–Kier alpha value is -1.55. The van der Waals surface area contributed by atoms with E-state index >= 15 is 0 Å². The molecule has 1 aliphatic rings. The number of hydrogen-bond donors (Lipinski definition) is 1. The van der Waals surface area contributed by atoms with Crippen LogP contribution in [0.15, 0.2) is 24.3 Å². The van der Waals surface area contributed by atoms with Crippen molar-refractivity contribution in [3.8, 4) is 5.75 Å². The van der Waals surface area contributed by atoms with E-state index in [0.29, 0.717) is 25.5 Å². The van der Waals surface area contributed by atoms with E-state index < -0.39 is 0 Å². The van der Waals surface area contributed by atoms with Crippen LogP contribution in [0.2, 0.25) is 0 Å². The van der Waals surface area contributed by atoms with Crippen LogP contribution in [0.25, 0.3) is 0 Å². The SMILES string of the molecule is CCOc1ccccc1CN(C)C(=O)CC1CCNCC1. The van der Waals surface area contributed by atoms with Gasteiger partial charge in [-0.2, -0.15) is 0 Å². The van der Waals surface area contributed by atoms with Crippen molar-refractivity contribution in [2.45, 2.75) is 32.7 Å². The Morgan fingerprint density at radius 2 is 2.05 bits per heavy atom. The van der Waals surface area contributed by atoms with Gasteiger partial charge in [0.15, 0.2) is 0 Å². The lowest BCUT2D eigenvalue weighted by Crippen LogP contribution is -2.33. The smallest absolute Gasteiger partial charge is 0.222 e. The third kappa shape index (κ3) is 4.74. The zero-order valence-electron chi connectivity index (χ0n) is 13.1. The molecular weight excluding hydrogens is 264 g/mol. The van der Waals surface area contributed by atoms with Crippen LogP contribution in [0.1, 0.15) is 31.7 Å². The third-order valence-corrected chi connectivity index (χ3v) is 4.03. The summed E-state index contributed by atoms with van der Waals surface area (Å²) in [7, 11) is 1.88. The molecule has 0 atom stereocenters. The largest absolute Gasteiger partial charge is 0.494 e. The second-order valence-electron chi connectivity index (χ2n) is 5.69. The summed E-state index contributed by atoms with van der Waals surface area (Å²) in [5, 5.41) is 3.34. The number of carbonyl (C=O) groups excluding carboxylic acids is 1. The van der Waals surface area contributed by atoms with Crippen LogP contribution in [-0.4, -0.2) is 37.6 Å². The monoisotopic (exact) mass is 290 g/mol. The van der Waals surface area contributed by atoms with E-state index in [1.165, 1.54) is 0 Å². The van der Waals surface area contributed by atoms with E-state index in [-0.39, 0.29) is 5.91 Å². The summed E-state index contributed by atoms with van der Waals surface area (Å²) in [5.41, 5.74) is 1.07. The van der Waals surface area contributed by atoms with Gasteiger partial charge in [0, 0.05) is 25.6 Å². The molecule has 116 valence electrons. The molecule has 0 aliphatic carbocycles. The maximum Gasteiger partial charge on any atom is 0.222 e. The Kier molecular flexibility index (Phi) is 6.05. The van der Waals surface area contributed by atoms with Gasteiger partial charge in [-0.05, 0) is 44.8 Å². The molecule has 1 aromatic carbocycles. The number of rotatable bonds is 6. The fourth-order valence-corrected chi connectivity index (χ4v) is 2.76. The molecule has 21 heavy (non-hydrogen) atoms. The van der Waals surface area contributed by atoms with Gasteiger partial charge in [0.1, 0.15) is 5.75 Å². The Morgan fingerprint density at radius 1 is 1.33 bits per heavy atom. The maximum atomic E-state index is 12.3. The minimum atomic E-state index is 0.230. The summed E-state index contributed by atoms with van der Waals surface area (Å²) in [6, 6.07) is 7.94. The van der Waals surface area contributed by atoms with E-state index in [0.717, 1.165) is 37.2 Å². The summed E-state index contributed by atoms with van der Waals surface area (Å²) in [6.07, 6.45) is 2.87. The first kappa shape index (κ1) is 15.8. The molecule has 0 bridgehead atoms. The Morgan fingerprint density at radius 3 is 2.76 bits per heavy atom. The van der Waals surface area contributed by atoms with Gasteiger partial charge >= 0.3 is 0 Å². The average molecular weight is 290 g/mol. The van der Waals surface area contributed by atoms with Crippen LogP contribution in [-0.2, 0) is 11.3 Å². The third-order valence-electron chi connectivity index (χ3n) is 4.03. The van der Waals surface area contributed by atoms with Crippen molar-refractivity contribution < 1.29 is 9.53 Å². The highest BCUT2D eigenvalue weighted by Crippen LogP contribution is 2.21. The number of nitrogens with zero attached hydrogens (tertiary/aromatic N) is 1. The van der Waals surface area contributed by atoms with Gasteiger partial charge in [-0.3, -0.25) is 4.79 Å². The molecule has 1 heterocycles. The Balaban J connectivity index is 1.90. The molecule has 1 amide bonds. The Bertz CT molecular complexity index is 456. The molecule has 0 saturated carbocycles. The highest BCUT2D eigenvalue weighted by molar-refractivity contribution is 5.76. The summed E-state index contributed by atoms with van der Waals surface area (Å²) in [4.78, 5) is 14.2. The van der Waals surface area contributed by atoms with Crippen molar-refractivity contribution in [2.75, 3.05) is 26.7 Å². The number of para-hydroxylation sites is 1. The van der Waals surface area contributed by atoms with Crippen molar-refractivity contribution >= 4 is 5.91 Å². The molecule has 4 heteroatoms. The van der Waals surface area contributed by atoms with Crippen molar-refractivity contribution in [3.63, 3.8) is 0 Å². The van der Waals surface area contributed by atoms with E-state index in [4.69, 9.17) is 4.74 Å². The minimum Gasteiger partial charge on any atom is -0.494 e. The molecule has 1 saturated heterocycles. The molecule has 0 aromatic heterocycles. The van der Waals surface area contributed by atoms with Gasteiger partial charge in [0.2, 0.25) is 5.91 Å². The zero-order valence-corrected chi connectivity index (χ0v) is 13.1. The number of amides is 1. The van der Waals surface area contributed by atoms with Gasteiger partial charge in [-0.15, -0.1) is 0 Å². The van der Waals surface area contributed by atoms with E-state index in [9.17, 15) is 4.79 Å². The number of benzene rings is 1. The van der Waals surface area contributed by atoms with Crippen molar-refractivity contribution in [2.24, 2.45) is 5.92 Å². The van der Waals surface area contributed by atoms with Crippen LogP contribution in [0, 0.1) is 5.92 Å². The molecule has 0 radical (unpaired) electrons. The second-order valence-corrected chi connectivity index (χ2v) is 5.69. The first-order chi connectivity index (χ1) is 10.2. The van der Waals surface area contributed by atoms with Crippen molar-refractivity contribution in [3.05, 3.63) is 29.8 Å². The number of piperidine rings is 1. The van der Waals surface area contributed by atoms with Crippen LogP contribution in [0.4, 0.5) is 0 Å². The standard InChI is InChI=1S/C17H26N2O2/c1-3-21-16-7-5-4-6-15(16)13-19(2)17(20)12-14-8-10-18-11-9-14/h4-7,14,18H,3,8-13H2,1-2H3. The fourth-order valence-electron chi connectivity index (χ4n) is 2.76. The molecule has 1 aromatic rings. The average Bonchev–Trinajstić information content (AvgIpc) is 2.50. The quantitative estimate of drug-likeness (QED) is 0.875. The van der Waals surface area contributed by atoms with Crippen LogP contribution in [0.5, 0.6) is 5.75 Å². The van der Waals surface area contributed by atoms with Gasteiger partial charge in [0.05, 0.1) is 6.61 Å². The van der Waals surface area contributed by atoms with E-state index in [1.54, 1.807) is 0 Å². The molecule has 0 unspecified atom stereocenters. The Labute approximate surface area is 127 Å². The lowest BCUT2D eigenvalue weighted by atomic mass is 9.94. The minimum absolute atomic E-state index is 0.230. The maximum absolute atomic E-state index is 12.3.